The Morgan fingerprint density at radius 1 is 1.00 bits per heavy atom. The Hall–Kier alpha value is -2.81. The molecule has 164 valence electrons. The summed E-state index contributed by atoms with van der Waals surface area (Å²) in [4.78, 5) is 54.8. The number of anilines is 1. The van der Waals surface area contributed by atoms with Gasteiger partial charge in [0.15, 0.2) is 0 Å². The smallest absolute Gasteiger partial charge is 0.262 e. The predicted octanol–water partition coefficient (Wildman–Crippen LogP) is 1.29. The van der Waals surface area contributed by atoms with E-state index in [1.165, 1.54) is 6.07 Å². The van der Waals surface area contributed by atoms with E-state index >= 15 is 4.39 Å². The maximum absolute atomic E-state index is 15.1. The van der Waals surface area contributed by atoms with Crippen LogP contribution in [0.4, 0.5) is 10.1 Å². The second-order valence-electron chi connectivity index (χ2n) is 9.82. The van der Waals surface area contributed by atoms with Gasteiger partial charge in [0.25, 0.3) is 11.8 Å². The van der Waals surface area contributed by atoms with Crippen molar-refractivity contribution in [3.05, 3.63) is 29.1 Å². The zero-order valence-corrected chi connectivity index (χ0v) is 17.8. The van der Waals surface area contributed by atoms with Crippen molar-refractivity contribution in [3.8, 4) is 0 Å². The Morgan fingerprint density at radius 2 is 1.68 bits per heavy atom. The summed E-state index contributed by atoms with van der Waals surface area (Å²) in [6.45, 7) is 7.99. The van der Waals surface area contributed by atoms with Crippen LogP contribution >= 0.6 is 0 Å². The third kappa shape index (κ3) is 2.97. The van der Waals surface area contributed by atoms with Gasteiger partial charge in [0, 0.05) is 37.1 Å². The molecule has 5 rings (SSSR count). The minimum absolute atomic E-state index is 0.0309. The first-order chi connectivity index (χ1) is 14.6. The number of benzene rings is 1. The zero-order valence-electron chi connectivity index (χ0n) is 17.8. The lowest BCUT2D eigenvalue weighted by Crippen LogP contribution is -2.54. The minimum atomic E-state index is -1.06. The number of carbonyl (C=O) groups excluding carboxylic acids is 4. The van der Waals surface area contributed by atoms with Crippen LogP contribution in [0, 0.1) is 5.82 Å². The Kier molecular flexibility index (Phi) is 4.28. The van der Waals surface area contributed by atoms with Crippen LogP contribution in [0.25, 0.3) is 0 Å². The van der Waals surface area contributed by atoms with Crippen molar-refractivity contribution >= 4 is 29.3 Å². The molecule has 0 saturated carbocycles. The number of nitrogens with one attached hydrogen (secondary N) is 1. The average molecular weight is 428 g/mol. The molecule has 1 aromatic rings. The normalized spacial score (nSPS) is 28.6. The van der Waals surface area contributed by atoms with Crippen LogP contribution in [-0.2, 0) is 9.59 Å². The second-order valence-corrected chi connectivity index (χ2v) is 9.82. The average Bonchev–Trinajstić information content (AvgIpc) is 3.35. The highest BCUT2D eigenvalue weighted by Gasteiger charge is 2.49. The first kappa shape index (κ1) is 20.1. The van der Waals surface area contributed by atoms with Crippen LogP contribution < -0.4 is 10.2 Å². The Morgan fingerprint density at radius 3 is 2.26 bits per heavy atom. The molecule has 8 nitrogen and oxygen atoms in total. The van der Waals surface area contributed by atoms with Crippen LogP contribution in [0.1, 0.15) is 60.7 Å². The minimum Gasteiger partial charge on any atom is -0.363 e. The molecule has 0 aromatic heterocycles. The fraction of sp³-hybridized carbons (Fsp3) is 0.545. The van der Waals surface area contributed by atoms with E-state index in [1.54, 1.807) is 0 Å². The molecule has 0 spiro atoms. The molecule has 4 amide bonds. The Balaban J connectivity index is 1.43. The molecule has 4 aliphatic rings. The SMILES string of the molecule is CC(C)(C)N1C[C@H]2C[C@@H]1CN2c1cc2c(cc1F)C(=O)N(C1CCC(=O)NC1=O)C2=O. The summed E-state index contributed by atoms with van der Waals surface area (Å²) in [5.74, 6) is -2.96. The van der Waals surface area contributed by atoms with Crippen molar-refractivity contribution in [2.75, 3.05) is 18.0 Å². The van der Waals surface area contributed by atoms with E-state index in [9.17, 15) is 19.2 Å². The van der Waals surface area contributed by atoms with Gasteiger partial charge in [-0.2, -0.15) is 0 Å². The van der Waals surface area contributed by atoms with Gasteiger partial charge < -0.3 is 4.90 Å². The molecule has 0 aliphatic carbocycles. The third-order valence-corrected chi connectivity index (χ3v) is 6.92. The highest BCUT2D eigenvalue weighted by atomic mass is 19.1. The molecule has 3 atom stereocenters. The molecule has 31 heavy (non-hydrogen) atoms. The van der Waals surface area contributed by atoms with E-state index < -0.39 is 35.5 Å². The number of hydrogen-bond donors (Lipinski definition) is 1. The highest BCUT2D eigenvalue weighted by molar-refractivity contribution is 6.23. The van der Waals surface area contributed by atoms with E-state index in [1.807, 2.05) is 4.90 Å². The van der Waals surface area contributed by atoms with Gasteiger partial charge in [0.05, 0.1) is 16.8 Å². The van der Waals surface area contributed by atoms with Gasteiger partial charge in [-0.05, 0) is 45.7 Å². The molecule has 1 aromatic carbocycles. The van der Waals surface area contributed by atoms with Gasteiger partial charge in [-0.3, -0.25) is 34.3 Å². The van der Waals surface area contributed by atoms with Crippen molar-refractivity contribution in [1.82, 2.24) is 15.1 Å². The Bertz CT molecular complexity index is 1030. The summed E-state index contributed by atoms with van der Waals surface area (Å²) in [6, 6.07) is 1.98. The fourth-order valence-electron chi connectivity index (χ4n) is 5.48. The number of piperidine rings is 1. The molecule has 2 bridgehead atoms. The zero-order chi connectivity index (χ0) is 22.2. The monoisotopic (exact) mass is 428 g/mol. The van der Waals surface area contributed by atoms with Crippen LogP contribution in [0.2, 0.25) is 0 Å². The van der Waals surface area contributed by atoms with E-state index in [-0.39, 0.29) is 35.5 Å². The summed E-state index contributed by atoms with van der Waals surface area (Å²) in [5.41, 5.74) is 0.441. The van der Waals surface area contributed by atoms with E-state index in [2.05, 4.69) is 31.0 Å². The maximum Gasteiger partial charge on any atom is 0.262 e. The van der Waals surface area contributed by atoms with Crippen molar-refractivity contribution in [3.63, 3.8) is 0 Å². The first-order valence-corrected chi connectivity index (χ1v) is 10.6. The number of piperazine rings is 1. The molecule has 3 saturated heterocycles. The van der Waals surface area contributed by atoms with Crippen LogP contribution in [0.3, 0.4) is 0 Å². The summed E-state index contributed by atoms with van der Waals surface area (Å²) in [7, 11) is 0. The lowest BCUT2D eigenvalue weighted by atomic mass is 10.0. The molecule has 9 heteroatoms. The number of nitrogens with zero attached hydrogens (tertiary/aromatic N) is 3. The van der Waals surface area contributed by atoms with E-state index in [0.29, 0.717) is 18.3 Å². The van der Waals surface area contributed by atoms with Crippen LogP contribution in [0.15, 0.2) is 12.1 Å². The maximum atomic E-state index is 15.1. The highest BCUT2D eigenvalue weighted by Crippen LogP contribution is 2.41. The molecule has 4 aliphatic heterocycles. The predicted molar refractivity (Wildman–Crippen MR) is 109 cm³/mol. The first-order valence-electron chi connectivity index (χ1n) is 10.6. The number of carbonyl (C=O) groups is 4. The standard InChI is InChI=1S/C22H25FN4O4/c1-22(2,3)26-10-11-6-12(26)9-25(11)17-8-14-13(7-15(17)23)20(30)27(21(14)31)16-4-5-18(28)24-19(16)29/h7-8,11-12,16H,4-6,9-10H2,1-3H3,(H,24,28,29)/t11-,12-,16?/m1/s1. The summed E-state index contributed by atoms with van der Waals surface area (Å²) in [6.07, 6.45) is 1.05. The van der Waals surface area contributed by atoms with Gasteiger partial charge in [-0.15, -0.1) is 0 Å². The molecular formula is C22H25FN4O4. The quantitative estimate of drug-likeness (QED) is 0.714. The number of fused-ring (bicyclic) bond motifs is 3. The number of imide groups is 2. The molecule has 3 fully saturated rings. The lowest BCUT2D eigenvalue weighted by molar-refractivity contribution is -0.136. The van der Waals surface area contributed by atoms with Crippen molar-refractivity contribution in [1.29, 1.82) is 0 Å². The number of amides is 4. The van der Waals surface area contributed by atoms with Crippen molar-refractivity contribution in [2.24, 2.45) is 0 Å². The van der Waals surface area contributed by atoms with Gasteiger partial charge >= 0.3 is 0 Å². The summed E-state index contributed by atoms with van der Waals surface area (Å²) >= 11 is 0. The van der Waals surface area contributed by atoms with Crippen LogP contribution in [0.5, 0.6) is 0 Å². The molecule has 1 N–H and O–H groups in total. The van der Waals surface area contributed by atoms with Crippen molar-refractivity contribution in [2.45, 2.75) is 63.7 Å². The fourth-order valence-corrected chi connectivity index (χ4v) is 5.48. The van der Waals surface area contributed by atoms with E-state index in [0.717, 1.165) is 23.9 Å². The van der Waals surface area contributed by atoms with Gasteiger partial charge in [0.2, 0.25) is 11.8 Å². The number of halogens is 1. The summed E-state index contributed by atoms with van der Waals surface area (Å²) in [5, 5.41) is 2.17. The third-order valence-electron chi connectivity index (χ3n) is 6.92. The number of likely N-dealkylation sites (tertiary alicyclic amines) is 1. The molecule has 1 unspecified atom stereocenters. The van der Waals surface area contributed by atoms with Gasteiger partial charge in [-0.1, -0.05) is 0 Å². The van der Waals surface area contributed by atoms with Gasteiger partial charge in [0.1, 0.15) is 11.9 Å². The molecule has 0 radical (unpaired) electrons. The summed E-state index contributed by atoms with van der Waals surface area (Å²) < 4.78 is 15.1. The van der Waals surface area contributed by atoms with Crippen LogP contribution in [-0.4, -0.2) is 70.2 Å². The molecule has 4 heterocycles. The van der Waals surface area contributed by atoms with Gasteiger partial charge in [-0.25, -0.2) is 4.39 Å². The second kappa shape index (κ2) is 6.59. The van der Waals surface area contributed by atoms with Crippen molar-refractivity contribution < 1.29 is 23.6 Å². The number of hydrogen-bond acceptors (Lipinski definition) is 6. The largest absolute Gasteiger partial charge is 0.363 e. The molecular weight excluding hydrogens is 403 g/mol. The lowest BCUT2D eigenvalue weighted by Gasteiger charge is -2.42. The Labute approximate surface area is 179 Å². The topological polar surface area (TPSA) is 90.0 Å². The number of rotatable bonds is 2. The van der Waals surface area contributed by atoms with E-state index in [4.69, 9.17) is 0 Å².